The highest BCUT2D eigenvalue weighted by Gasteiger charge is 2.20. The van der Waals surface area contributed by atoms with Crippen molar-refractivity contribution >= 4 is 33.9 Å². The predicted molar refractivity (Wildman–Crippen MR) is 118 cm³/mol. The summed E-state index contributed by atoms with van der Waals surface area (Å²) in [6, 6.07) is 8.88. The number of aromatic nitrogens is 3. The second kappa shape index (κ2) is 9.51. The Labute approximate surface area is 183 Å². The molecule has 3 N–H and O–H groups in total. The van der Waals surface area contributed by atoms with Crippen LogP contribution < -0.4 is 20.7 Å². The van der Waals surface area contributed by atoms with E-state index in [0.29, 0.717) is 39.2 Å². The molecule has 1 aliphatic rings. The number of carbonyl (C=O) groups excluding carboxylic acids is 1. The van der Waals surface area contributed by atoms with Crippen LogP contribution in [-0.2, 0) is 0 Å². The van der Waals surface area contributed by atoms with Crippen molar-refractivity contribution < 1.29 is 9.53 Å². The van der Waals surface area contributed by atoms with Gasteiger partial charge in [-0.05, 0) is 56.0 Å². The molecule has 3 aromatic rings. The molecule has 10 heteroatoms. The largest absolute Gasteiger partial charge is 0.473 e. The summed E-state index contributed by atoms with van der Waals surface area (Å²) < 4.78 is 10.2. The Balaban J connectivity index is 1.42. The van der Waals surface area contributed by atoms with Gasteiger partial charge in [0.05, 0.1) is 28.7 Å². The summed E-state index contributed by atoms with van der Waals surface area (Å²) >= 11 is 1.17. The van der Waals surface area contributed by atoms with Crippen molar-refractivity contribution in [3.8, 4) is 11.9 Å². The van der Waals surface area contributed by atoms with Crippen LogP contribution in [0.3, 0.4) is 0 Å². The highest BCUT2D eigenvalue weighted by Crippen LogP contribution is 2.28. The van der Waals surface area contributed by atoms with Gasteiger partial charge in [-0.15, -0.1) is 0 Å². The second-order valence-corrected chi connectivity index (χ2v) is 7.84. The van der Waals surface area contributed by atoms with E-state index in [0.717, 1.165) is 25.9 Å². The van der Waals surface area contributed by atoms with Gasteiger partial charge in [-0.25, -0.2) is 9.97 Å². The summed E-state index contributed by atoms with van der Waals surface area (Å²) in [5.74, 6) is 0.765. The van der Waals surface area contributed by atoms with E-state index in [2.05, 4.69) is 30.3 Å². The maximum atomic E-state index is 12.9. The van der Waals surface area contributed by atoms with Crippen molar-refractivity contribution in [2.75, 3.05) is 23.7 Å². The number of nitrogens with zero attached hydrogens (tertiary/aromatic N) is 4. The van der Waals surface area contributed by atoms with Gasteiger partial charge in [0.1, 0.15) is 23.0 Å². The lowest BCUT2D eigenvalue weighted by atomic mass is 10.1. The monoisotopic (exact) mass is 435 g/mol. The number of hydrogen-bond acceptors (Lipinski definition) is 9. The van der Waals surface area contributed by atoms with Gasteiger partial charge in [-0.1, -0.05) is 0 Å². The highest BCUT2D eigenvalue weighted by molar-refractivity contribution is 7.10. The van der Waals surface area contributed by atoms with Gasteiger partial charge in [0.15, 0.2) is 0 Å². The first-order valence-corrected chi connectivity index (χ1v) is 10.6. The Morgan fingerprint density at radius 2 is 2.19 bits per heavy atom. The zero-order chi connectivity index (χ0) is 21.6. The van der Waals surface area contributed by atoms with E-state index >= 15 is 0 Å². The molecule has 4 rings (SSSR count). The van der Waals surface area contributed by atoms with Gasteiger partial charge < -0.3 is 20.7 Å². The topological polar surface area (TPSA) is 125 Å². The molecule has 0 spiro atoms. The second-order valence-electron chi connectivity index (χ2n) is 7.07. The van der Waals surface area contributed by atoms with Crippen molar-refractivity contribution in [1.82, 2.24) is 19.7 Å². The SMILES string of the molecule is Cc1nsc(Nc2ccc(C#N)cn2)c1C(=O)Nc1ccc(OC2CCCNC2)nc1. The van der Waals surface area contributed by atoms with E-state index in [-0.39, 0.29) is 12.0 Å². The lowest BCUT2D eigenvalue weighted by Crippen LogP contribution is -2.37. The Kier molecular flexibility index (Phi) is 6.35. The molecule has 1 amide bonds. The first-order valence-electron chi connectivity index (χ1n) is 9.86. The average molecular weight is 436 g/mol. The molecule has 1 unspecified atom stereocenters. The zero-order valence-corrected chi connectivity index (χ0v) is 17.7. The van der Waals surface area contributed by atoms with Crippen LogP contribution >= 0.6 is 11.5 Å². The van der Waals surface area contributed by atoms with Crippen LogP contribution in [0.2, 0.25) is 0 Å². The molecule has 1 saturated heterocycles. The number of carbonyl (C=O) groups is 1. The van der Waals surface area contributed by atoms with Gasteiger partial charge in [0, 0.05) is 18.8 Å². The number of ether oxygens (including phenoxy) is 1. The fraction of sp³-hybridized carbons (Fsp3) is 0.286. The minimum atomic E-state index is -0.297. The molecule has 31 heavy (non-hydrogen) atoms. The molecule has 0 bridgehead atoms. The Morgan fingerprint density at radius 1 is 1.29 bits per heavy atom. The molecule has 0 radical (unpaired) electrons. The molecule has 1 aliphatic heterocycles. The maximum absolute atomic E-state index is 12.9. The standard InChI is InChI=1S/C21H21N7O2S/c1-13-19(21(31-28-13)27-17-6-4-14(9-22)10-24-17)20(29)26-15-5-7-18(25-11-15)30-16-3-2-8-23-12-16/h4-7,10-11,16,23H,2-3,8,12H2,1H3,(H,24,27)(H,26,29). The van der Waals surface area contributed by atoms with E-state index in [1.807, 2.05) is 6.07 Å². The van der Waals surface area contributed by atoms with E-state index in [1.165, 1.54) is 17.7 Å². The van der Waals surface area contributed by atoms with Crippen molar-refractivity contribution in [2.45, 2.75) is 25.9 Å². The molecule has 0 aliphatic carbocycles. The molecule has 3 aromatic heterocycles. The zero-order valence-electron chi connectivity index (χ0n) is 16.9. The summed E-state index contributed by atoms with van der Waals surface area (Å²) in [4.78, 5) is 21.4. The minimum absolute atomic E-state index is 0.116. The summed E-state index contributed by atoms with van der Waals surface area (Å²) in [6.07, 6.45) is 5.25. The molecular formula is C21H21N7O2S. The molecule has 9 nitrogen and oxygen atoms in total. The van der Waals surface area contributed by atoms with E-state index < -0.39 is 0 Å². The van der Waals surface area contributed by atoms with E-state index in [1.54, 1.807) is 37.4 Å². The van der Waals surface area contributed by atoms with Crippen LogP contribution in [0.15, 0.2) is 36.7 Å². The Hall–Kier alpha value is -3.55. The normalized spacial score (nSPS) is 15.7. The third-order valence-corrected chi connectivity index (χ3v) is 5.61. The lowest BCUT2D eigenvalue weighted by Gasteiger charge is -2.23. The number of piperidine rings is 1. The van der Waals surface area contributed by atoms with Gasteiger partial charge >= 0.3 is 0 Å². The van der Waals surface area contributed by atoms with Crippen LogP contribution in [0.1, 0.15) is 34.5 Å². The predicted octanol–water partition coefficient (Wildman–Crippen LogP) is 3.24. The third kappa shape index (κ3) is 5.14. The van der Waals surface area contributed by atoms with Crippen LogP contribution in [0.25, 0.3) is 0 Å². The minimum Gasteiger partial charge on any atom is -0.473 e. The number of nitriles is 1. The van der Waals surface area contributed by atoms with Crippen molar-refractivity contribution in [1.29, 1.82) is 5.26 Å². The molecule has 0 aromatic carbocycles. The maximum Gasteiger partial charge on any atom is 0.260 e. The van der Waals surface area contributed by atoms with Crippen LogP contribution in [0.4, 0.5) is 16.5 Å². The van der Waals surface area contributed by atoms with Crippen LogP contribution in [0.5, 0.6) is 5.88 Å². The Bertz CT molecular complexity index is 1080. The first kappa shape index (κ1) is 20.7. The molecular weight excluding hydrogens is 414 g/mol. The van der Waals surface area contributed by atoms with Gasteiger partial charge in [0.25, 0.3) is 5.91 Å². The number of amides is 1. The van der Waals surface area contributed by atoms with E-state index in [9.17, 15) is 4.79 Å². The number of aryl methyl sites for hydroxylation is 1. The Morgan fingerprint density at radius 3 is 2.87 bits per heavy atom. The fourth-order valence-electron chi connectivity index (χ4n) is 3.18. The summed E-state index contributed by atoms with van der Waals surface area (Å²) in [5, 5.41) is 18.7. The van der Waals surface area contributed by atoms with Crippen molar-refractivity contribution in [3.63, 3.8) is 0 Å². The summed E-state index contributed by atoms with van der Waals surface area (Å²) in [6.45, 7) is 3.61. The highest BCUT2D eigenvalue weighted by atomic mass is 32.1. The number of pyridine rings is 2. The number of anilines is 3. The van der Waals surface area contributed by atoms with Crippen molar-refractivity contribution in [2.24, 2.45) is 0 Å². The fourth-order valence-corrected chi connectivity index (χ4v) is 3.98. The number of hydrogen-bond donors (Lipinski definition) is 3. The molecule has 4 heterocycles. The number of nitrogens with one attached hydrogen (secondary N) is 3. The van der Waals surface area contributed by atoms with E-state index in [4.69, 9.17) is 10.00 Å². The third-order valence-electron chi connectivity index (χ3n) is 4.76. The van der Waals surface area contributed by atoms with Crippen LogP contribution in [-0.4, -0.2) is 39.4 Å². The number of rotatable bonds is 6. The van der Waals surface area contributed by atoms with Gasteiger partial charge in [-0.2, -0.15) is 9.64 Å². The molecule has 1 fully saturated rings. The lowest BCUT2D eigenvalue weighted by molar-refractivity contribution is 0.102. The smallest absolute Gasteiger partial charge is 0.260 e. The molecule has 0 saturated carbocycles. The summed E-state index contributed by atoms with van der Waals surface area (Å²) in [5.41, 5.74) is 2.07. The van der Waals surface area contributed by atoms with Crippen molar-refractivity contribution in [3.05, 3.63) is 53.5 Å². The first-order chi connectivity index (χ1) is 15.1. The molecule has 158 valence electrons. The van der Waals surface area contributed by atoms with Crippen LogP contribution in [0, 0.1) is 18.3 Å². The summed E-state index contributed by atoms with van der Waals surface area (Å²) in [7, 11) is 0. The van der Waals surface area contributed by atoms with Gasteiger partial charge in [0.2, 0.25) is 5.88 Å². The molecule has 1 atom stereocenters. The average Bonchev–Trinajstić information content (AvgIpc) is 3.16. The quantitative estimate of drug-likeness (QED) is 0.539. The van der Waals surface area contributed by atoms with Gasteiger partial charge in [-0.3, -0.25) is 4.79 Å².